The Bertz CT molecular complexity index is 965. The average molecular weight is 467 g/mol. The van der Waals surface area contributed by atoms with Gasteiger partial charge in [0.05, 0.1) is 5.52 Å². The highest BCUT2D eigenvalue weighted by molar-refractivity contribution is 9.10. The molecule has 0 unspecified atom stereocenters. The van der Waals surface area contributed by atoms with Gasteiger partial charge in [-0.1, -0.05) is 31.9 Å². The number of amides is 1. The Kier molecular flexibility index (Phi) is 5.19. The van der Waals surface area contributed by atoms with Crippen LogP contribution in [0.4, 0.5) is 5.69 Å². The predicted octanol–water partition coefficient (Wildman–Crippen LogP) is 5.10. The summed E-state index contributed by atoms with van der Waals surface area (Å²) in [5.74, 6) is -0.0449. The minimum atomic E-state index is -0.547. The summed E-state index contributed by atoms with van der Waals surface area (Å²) in [5.41, 5.74) is 1.03. The number of aromatic hydroxyl groups is 1. The standard InChI is InChI=1S/C17H13Br2N3O3/c1-22-14-7-4-11(19)8-13(14)16(17(22)24)21-20-15(23)9-25-12-5-2-10(18)3-6-12/h2-8,24H,9H2,1H3. The van der Waals surface area contributed by atoms with Crippen molar-refractivity contribution in [3.8, 4) is 11.6 Å². The number of hydrogen-bond acceptors (Lipinski definition) is 4. The van der Waals surface area contributed by atoms with Gasteiger partial charge in [0.15, 0.2) is 12.3 Å². The highest BCUT2D eigenvalue weighted by atomic mass is 79.9. The third-order valence-electron chi connectivity index (χ3n) is 3.54. The first-order chi connectivity index (χ1) is 12.0. The molecule has 0 saturated heterocycles. The third kappa shape index (κ3) is 3.91. The van der Waals surface area contributed by atoms with Crippen LogP contribution < -0.4 is 4.74 Å². The van der Waals surface area contributed by atoms with Crippen LogP contribution in [0.5, 0.6) is 11.6 Å². The number of aryl methyl sites for hydroxylation is 1. The Labute approximate surface area is 160 Å². The van der Waals surface area contributed by atoms with Crippen molar-refractivity contribution < 1.29 is 14.6 Å². The van der Waals surface area contributed by atoms with E-state index in [1.54, 1.807) is 23.7 Å². The molecule has 6 nitrogen and oxygen atoms in total. The molecule has 0 aliphatic rings. The zero-order chi connectivity index (χ0) is 18.0. The van der Waals surface area contributed by atoms with Crippen LogP contribution >= 0.6 is 31.9 Å². The van der Waals surface area contributed by atoms with Crippen molar-refractivity contribution in [3.05, 3.63) is 51.4 Å². The quantitative estimate of drug-likeness (QED) is 0.543. The topological polar surface area (TPSA) is 76.2 Å². The minimum absolute atomic E-state index is 0.0570. The summed E-state index contributed by atoms with van der Waals surface area (Å²) in [4.78, 5) is 11.9. The molecule has 25 heavy (non-hydrogen) atoms. The van der Waals surface area contributed by atoms with Crippen molar-refractivity contribution in [1.29, 1.82) is 0 Å². The molecule has 128 valence electrons. The number of hydrogen-bond donors (Lipinski definition) is 1. The lowest BCUT2D eigenvalue weighted by Gasteiger charge is -2.02. The maximum Gasteiger partial charge on any atom is 0.302 e. The van der Waals surface area contributed by atoms with Gasteiger partial charge in [0.25, 0.3) is 0 Å². The fourth-order valence-electron chi connectivity index (χ4n) is 2.29. The molecule has 0 aliphatic carbocycles. The van der Waals surface area contributed by atoms with Crippen molar-refractivity contribution in [1.82, 2.24) is 4.57 Å². The number of ether oxygens (including phenoxy) is 1. The molecular formula is C17H13Br2N3O3. The molecule has 1 aromatic heterocycles. The summed E-state index contributed by atoms with van der Waals surface area (Å²) in [5, 5.41) is 18.5. The van der Waals surface area contributed by atoms with Gasteiger partial charge in [-0.2, -0.15) is 0 Å². The fraction of sp³-hybridized carbons (Fsp3) is 0.118. The Hall–Kier alpha value is -2.19. The molecule has 0 bridgehead atoms. The van der Waals surface area contributed by atoms with Crippen molar-refractivity contribution in [2.75, 3.05) is 6.61 Å². The van der Waals surface area contributed by atoms with Gasteiger partial charge in [-0.15, -0.1) is 10.2 Å². The highest BCUT2D eigenvalue weighted by Gasteiger charge is 2.15. The second-order valence-corrected chi connectivity index (χ2v) is 7.06. The summed E-state index contributed by atoms with van der Waals surface area (Å²) in [6.45, 7) is -0.236. The summed E-state index contributed by atoms with van der Waals surface area (Å²) in [7, 11) is 1.71. The second kappa shape index (κ2) is 7.37. The Morgan fingerprint density at radius 3 is 2.56 bits per heavy atom. The largest absolute Gasteiger partial charge is 0.493 e. The first-order valence-electron chi connectivity index (χ1n) is 7.25. The number of aromatic nitrogens is 1. The van der Waals surface area contributed by atoms with E-state index in [1.807, 2.05) is 30.3 Å². The van der Waals surface area contributed by atoms with Gasteiger partial charge in [0.2, 0.25) is 5.88 Å². The summed E-state index contributed by atoms with van der Waals surface area (Å²) >= 11 is 6.71. The van der Waals surface area contributed by atoms with Crippen LogP contribution in [0.25, 0.3) is 10.9 Å². The van der Waals surface area contributed by atoms with Crippen LogP contribution in [-0.2, 0) is 11.8 Å². The van der Waals surface area contributed by atoms with Crippen LogP contribution in [0.2, 0.25) is 0 Å². The Morgan fingerprint density at radius 2 is 1.84 bits per heavy atom. The van der Waals surface area contributed by atoms with Crippen LogP contribution in [-0.4, -0.2) is 22.2 Å². The molecule has 1 N–H and O–H groups in total. The lowest BCUT2D eigenvalue weighted by atomic mass is 10.2. The van der Waals surface area contributed by atoms with Gasteiger partial charge in [0, 0.05) is 21.4 Å². The molecule has 0 aliphatic heterocycles. The van der Waals surface area contributed by atoms with E-state index in [1.165, 1.54) is 0 Å². The monoisotopic (exact) mass is 465 g/mol. The first-order valence-corrected chi connectivity index (χ1v) is 8.84. The van der Waals surface area contributed by atoms with Gasteiger partial charge in [-0.3, -0.25) is 4.79 Å². The summed E-state index contributed by atoms with van der Waals surface area (Å²) < 4.78 is 8.70. The van der Waals surface area contributed by atoms with E-state index in [4.69, 9.17) is 4.74 Å². The van der Waals surface area contributed by atoms with E-state index in [-0.39, 0.29) is 18.2 Å². The van der Waals surface area contributed by atoms with E-state index in [2.05, 4.69) is 42.1 Å². The lowest BCUT2D eigenvalue weighted by Crippen LogP contribution is -2.07. The molecule has 3 aromatic rings. The van der Waals surface area contributed by atoms with Crippen LogP contribution in [0.3, 0.4) is 0 Å². The van der Waals surface area contributed by atoms with E-state index in [9.17, 15) is 9.90 Å². The van der Waals surface area contributed by atoms with E-state index < -0.39 is 5.91 Å². The Morgan fingerprint density at radius 1 is 1.16 bits per heavy atom. The molecule has 0 saturated carbocycles. The van der Waals surface area contributed by atoms with E-state index in [0.29, 0.717) is 11.1 Å². The van der Waals surface area contributed by atoms with Gasteiger partial charge >= 0.3 is 5.91 Å². The first kappa shape index (κ1) is 17.6. The molecule has 2 aromatic carbocycles. The number of rotatable bonds is 4. The number of benzene rings is 2. The van der Waals surface area contributed by atoms with Crippen LogP contribution in [0.1, 0.15) is 0 Å². The zero-order valence-corrected chi connectivity index (χ0v) is 16.3. The molecule has 3 rings (SSSR count). The summed E-state index contributed by atoms with van der Waals surface area (Å²) in [6.07, 6.45) is 0. The number of nitrogens with zero attached hydrogens (tertiary/aromatic N) is 3. The number of azo groups is 1. The Balaban J connectivity index is 1.76. The smallest absolute Gasteiger partial charge is 0.302 e. The van der Waals surface area contributed by atoms with Gasteiger partial charge in [-0.25, -0.2) is 0 Å². The number of carbonyl (C=O) groups excluding carboxylic acids is 1. The maximum atomic E-state index is 11.9. The van der Waals surface area contributed by atoms with Crippen molar-refractivity contribution in [3.63, 3.8) is 0 Å². The number of halogens is 2. The normalized spacial score (nSPS) is 11.3. The van der Waals surface area contributed by atoms with Gasteiger partial charge < -0.3 is 14.4 Å². The maximum absolute atomic E-state index is 11.9. The molecule has 0 spiro atoms. The average Bonchev–Trinajstić information content (AvgIpc) is 2.83. The highest BCUT2D eigenvalue weighted by Crippen LogP contribution is 2.39. The molecule has 1 heterocycles. The van der Waals surface area contributed by atoms with Crippen molar-refractivity contribution in [2.24, 2.45) is 17.3 Å². The van der Waals surface area contributed by atoms with Crippen molar-refractivity contribution in [2.45, 2.75) is 0 Å². The van der Waals surface area contributed by atoms with Crippen LogP contribution in [0.15, 0.2) is 61.6 Å². The SMILES string of the molecule is Cn1c(O)c(N=NC(=O)COc2ccc(Br)cc2)c2cc(Br)ccc21. The second-order valence-electron chi connectivity index (χ2n) is 5.23. The molecule has 0 fully saturated rings. The number of carbonyl (C=O) groups is 1. The molecule has 8 heteroatoms. The van der Waals surface area contributed by atoms with Gasteiger partial charge in [-0.05, 0) is 42.5 Å². The molecule has 0 atom stereocenters. The fourth-order valence-corrected chi connectivity index (χ4v) is 2.92. The summed E-state index contributed by atoms with van der Waals surface area (Å²) in [6, 6.07) is 12.6. The molecule has 0 radical (unpaired) electrons. The lowest BCUT2D eigenvalue weighted by molar-refractivity contribution is -0.120. The minimum Gasteiger partial charge on any atom is -0.493 e. The van der Waals surface area contributed by atoms with Crippen LogP contribution in [0, 0.1) is 0 Å². The third-order valence-corrected chi connectivity index (χ3v) is 4.56. The van der Waals surface area contributed by atoms with E-state index >= 15 is 0 Å². The van der Waals surface area contributed by atoms with Crippen molar-refractivity contribution >= 4 is 54.4 Å². The predicted molar refractivity (Wildman–Crippen MR) is 101 cm³/mol. The van der Waals surface area contributed by atoms with Gasteiger partial charge in [0.1, 0.15) is 5.75 Å². The molecular weight excluding hydrogens is 454 g/mol. The van der Waals surface area contributed by atoms with E-state index in [0.717, 1.165) is 14.5 Å². The number of fused-ring (bicyclic) bond motifs is 1. The zero-order valence-electron chi connectivity index (χ0n) is 13.1. The molecule has 1 amide bonds.